The van der Waals surface area contributed by atoms with Gasteiger partial charge in [0.05, 0.1) is 19.2 Å². The van der Waals surface area contributed by atoms with E-state index < -0.39 is 5.60 Å². The van der Waals surface area contributed by atoms with Gasteiger partial charge in [-0.25, -0.2) is 14.8 Å². The van der Waals surface area contributed by atoms with E-state index in [4.69, 9.17) is 20.6 Å². The van der Waals surface area contributed by atoms with Gasteiger partial charge in [0.15, 0.2) is 11.5 Å². The first kappa shape index (κ1) is 27.5. The maximum atomic E-state index is 12.6. The van der Waals surface area contributed by atoms with Crippen molar-refractivity contribution in [2.24, 2.45) is 5.92 Å². The van der Waals surface area contributed by atoms with Crippen LogP contribution >= 0.6 is 0 Å². The van der Waals surface area contributed by atoms with Crippen LogP contribution in [0.1, 0.15) is 39.2 Å². The summed E-state index contributed by atoms with van der Waals surface area (Å²) >= 11 is 0. The van der Waals surface area contributed by atoms with Crippen molar-refractivity contribution < 1.29 is 19.0 Å². The van der Waals surface area contributed by atoms with Crippen LogP contribution in [-0.2, 0) is 4.74 Å². The van der Waals surface area contributed by atoms with Crippen LogP contribution in [0.4, 0.5) is 16.3 Å². The van der Waals surface area contributed by atoms with E-state index in [0.717, 1.165) is 61.2 Å². The number of amides is 1. The van der Waals surface area contributed by atoms with Crippen LogP contribution in [0.15, 0.2) is 42.7 Å². The minimum absolute atomic E-state index is 0.213. The number of likely N-dealkylation sites (tertiary alicyclic amines) is 2. The summed E-state index contributed by atoms with van der Waals surface area (Å²) in [7, 11) is 1.63. The summed E-state index contributed by atoms with van der Waals surface area (Å²) in [6.45, 7) is 9.69. The van der Waals surface area contributed by atoms with E-state index in [1.165, 1.54) is 6.33 Å². The summed E-state index contributed by atoms with van der Waals surface area (Å²) in [5.41, 5.74) is 1.89. The minimum atomic E-state index is -0.481. The molecule has 40 heavy (non-hydrogen) atoms. The van der Waals surface area contributed by atoms with Crippen molar-refractivity contribution in [3.05, 3.63) is 48.3 Å². The fourth-order valence-corrected chi connectivity index (χ4v) is 5.51. The Morgan fingerprint density at radius 3 is 2.80 bits per heavy atom. The molecular formula is C31H37N5O4. The molecule has 2 fully saturated rings. The molecule has 1 amide bonds. The second-order valence-corrected chi connectivity index (χ2v) is 11.3. The predicted octanol–water partition coefficient (Wildman–Crippen LogP) is 5.07. The third-order valence-electron chi connectivity index (χ3n) is 7.37. The molecule has 0 bridgehead atoms. The van der Waals surface area contributed by atoms with Crippen molar-refractivity contribution in [1.82, 2.24) is 19.8 Å². The Kier molecular flexibility index (Phi) is 7.99. The molecule has 0 unspecified atom stereocenters. The summed E-state index contributed by atoms with van der Waals surface area (Å²) in [6, 6.07) is 11.8. The number of nitrogens with one attached hydrogen (secondary N) is 1. The Labute approximate surface area is 235 Å². The zero-order valence-electron chi connectivity index (χ0n) is 23.6. The molecule has 0 radical (unpaired) electrons. The number of hydrogen-bond donors (Lipinski definition) is 1. The first-order valence-corrected chi connectivity index (χ1v) is 13.8. The molecule has 0 saturated carbocycles. The lowest BCUT2D eigenvalue weighted by Crippen LogP contribution is -2.40. The number of hydrogen-bond acceptors (Lipinski definition) is 8. The SMILES string of the molecule is C#Cc1cccc(Nc2ncnc3cc(OC)c(OCCCN4CC[C@H]5CN(C(=O)OC(C)(C)C)C[C@H]54)cc23)c1. The number of aromatic nitrogens is 2. The van der Waals surface area contributed by atoms with Gasteiger partial charge in [-0.2, -0.15) is 0 Å². The molecule has 2 saturated heterocycles. The smallest absolute Gasteiger partial charge is 0.410 e. The summed E-state index contributed by atoms with van der Waals surface area (Å²) in [6.07, 6.45) is 8.82. The quantitative estimate of drug-likeness (QED) is 0.311. The van der Waals surface area contributed by atoms with Crippen LogP contribution < -0.4 is 14.8 Å². The second kappa shape index (κ2) is 11.6. The van der Waals surface area contributed by atoms with Gasteiger partial charge < -0.3 is 24.4 Å². The molecule has 3 heterocycles. The first-order chi connectivity index (χ1) is 19.2. The van der Waals surface area contributed by atoms with Crippen molar-refractivity contribution >= 4 is 28.5 Å². The maximum absolute atomic E-state index is 12.6. The molecule has 9 heteroatoms. The molecule has 2 atom stereocenters. The predicted molar refractivity (Wildman–Crippen MR) is 155 cm³/mol. The van der Waals surface area contributed by atoms with E-state index in [0.29, 0.717) is 35.9 Å². The van der Waals surface area contributed by atoms with Gasteiger partial charge in [-0.15, -0.1) is 6.42 Å². The van der Waals surface area contributed by atoms with E-state index in [9.17, 15) is 4.79 Å². The summed E-state index contributed by atoms with van der Waals surface area (Å²) in [5, 5.41) is 4.17. The third kappa shape index (κ3) is 6.23. The largest absolute Gasteiger partial charge is 0.493 e. The summed E-state index contributed by atoms with van der Waals surface area (Å²) in [4.78, 5) is 25.8. The Morgan fingerprint density at radius 2 is 2.02 bits per heavy atom. The van der Waals surface area contributed by atoms with Crippen LogP contribution in [0.3, 0.4) is 0 Å². The number of ether oxygens (including phenoxy) is 3. The highest BCUT2D eigenvalue weighted by Crippen LogP contribution is 2.35. The molecule has 2 aliphatic heterocycles. The standard InChI is InChI=1S/C31H37N5O4/c1-6-21-9-7-10-23(15-21)34-29-24-16-28(27(38-5)17-25(24)32-20-33-29)39-14-8-12-35-13-11-22-18-36(19-26(22)35)30(37)40-31(2,3)4/h1,7,9-10,15-17,20,22,26H,8,11-14,18-19H2,2-5H3,(H,32,33,34)/t22-,26+/m0/s1. The fourth-order valence-electron chi connectivity index (χ4n) is 5.51. The minimum Gasteiger partial charge on any atom is -0.493 e. The third-order valence-corrected chi connectivity index (χ3v) is 7.37. The topological polar surface area (TPSA) is 89.1 Å². The van der Waals surface area contributed by atoms with Crippen LogP contribution in [-0.4, -0.2) is 77.4 Å². The van der Waals surface area contributed by atoms with Crippen LogP contribution in [0, 0.1) is 18.3 Å². The van der Waals surface area contributed by atoms with Gasteiger partial charge in [-0.1, -0.05) is 12.0 Å². The molecular weight excluding hydrogens is 506 g/mol. The van der Waals surface area contributed by atoms with Crippen molar-refractivity contribution in [3.63, 3.8) is 0 Å². The van der Waals surface area contributed by atoms with Crippen LogP contribution in [0.5, 0.6) is 11.5 Å². The van der Waals surface area contributed by atoms with Gasteiger partial charge in [0.1, 0.15) is 17.7 Å². The summed E-state index contributed by atoms with van der Waals surface area (Å²) in [5.74, 6) is 5.08. The van der Waals surface area contributed by atoms with E-state index >= 15 is 0 Å². The number of nitrogens with zero attached hydrogens (tertiary/aromatic N) is 4. The molecule has 2 aliphatic rings. The van der Waals surface area contributed by atoms with Gasteiger partial charge in [0, 0.05) is 48.4 Å². The lowest BCUT2D eigenvalue weighted by molar-refractivity contribution is 0.0272. The summed E-state index contributed by atoms with van der Waals surface area (Å²) < 4.78 is 17.4. The first-order valence-electron chi connectivity index (χ1n) is 13.8. The maximum Gasteiger partial charge on any atom is 0.410 e. The molecule has 5 rings (SSSR count). The molecule has 9 nitrogen and oxygen atoms in total. The van der Waals surface area contributed by atoms with Crippen molar-refractivity contribution in [2.75, 3.05) is 45.2 Å². The zero-order chi connectivity index (χ0) is 28.3. The zero-order valence-corrected chi connectivity index (χ0v) is 23.6. The van der Waals surface area contributed by atoms with Crippen molar-refractivity contribution in [2.45, 2.75) is 45.3 Å². The monoisotopic (exact) mass is 543 g/mol. The van der Waals surface area contributed by atoms with E-state index in [-0.39, 0.29) is 6.09 Å². The molecule has 3 aromatic rings. The number of carbonyl (C=O) groups excluding carboxylic acids is 1. The number of anilines is 2. The number of benzene rings is 2. The average molecular weight is 544 g/mol. The highest BCUT2D eigenvalue weighted by molar-refractivity contribution is 5.93. The lowest BCUT2D eigenvalue weighted by atomic mass is 10.1. The molecule has 210 valence electrons. The Morgan fingerprint density at radius 1 is 1.18 bits per heavy atom. The van der Waals surface area contributed by atoms with Gasteiger partial charge in [-0.3, -0.25) is 4.90 Å². The van der Waals surface area contributed by atoms with Gasteiger partial charge in [0.25, 0.3) is 0 Å². The highest BCUT2D eigenvalue weighted by Gasteiger charge is 2.43. The van der Waals surface area contributed by atoms with Crippen molar-refractivity contribution in [3.8, 4) is 23.8 Å². The second-order valence-electron chi connectivity index (χ2n) is 11.3. The average Bonchev–Trinajstić information content (AvgIpc) is 3.52. The Balaban J connectivity index is 1.21. The van der Waals surface area contributed by atoms with Crippen LogP contribution in [0.2, 0.25) is 0 Å². The Bertz CT molecular complexity index is 1410. The highest BCUT2D eigenvalue weighted by atomic mass is 16.6. The normalized spacial score (nSPS) is 18.8. The lowest BCUT2D eigenvalue weighted by Gasteiger charge is -2.27. The van der Waals surface area contributed by atoms with Crippen molar-refractivity contribution in [1.29, 1.82) is 0 Å². The van der Waals surface area contributed by atoms with E-state index in [2.05, 4.69) is 26.1 Å². The fraction of sp³-hybridized carbons (Fsp3) is 0.452. The molecule has 0 aliphatic carbocycles. The molecule has 1 N–H and O–H groups in total. The number of carbonyl (C=O) groups is 1. The van der Waals surface area contributed by atoms with Gasteiger partial charge >= 0.3 is 6.09 Å². The molecule has 1 aromatic heterocycles. The van der Waals surface area contributed by atoms with Gasteiger partial charge in [0.2, 0.25) is 0 Å². The number of fused-ring (bicyclic) bond motifs is 2. The van der Waals surface area contributed by atoms with Crippen LogP contribution in [0.25, 0.3) is 10.9 Å². The Hall–Kier alpha value is -4.03. The molecule has 2 aromatic carbocycles. The van der Waals surface area contributed by atoms with E-state index in [1.807, 2.05) is 62.1 Å². The number of methoxy groups -OCH3 is 1. The molecule has 0 spiro atoms. The number of terminal acetylenes is 1. The van der Waals surface area contributed by atoms with E-state index in [1.54, 1.807) is 7.11 Å². The van der Waals surface area contributed by atoms with Gasteiger partial charge in [-0.05, 0) is 70.3 Å². The number of rotatable bonds is 8.